The molecule has 0 aromatic heterocycles. The van der Waals surface area contributed by atoms with E-state index in [4.69, 9.17) is 4.74 Å². The molecule has 1 saturated heterocycles. The minimum Gasteiger partial charge on any atom is -0.378 e. The van der Waals surface area contributed by atoms with Gasteiger partial charge in [-0.2, -0.15) is 0 Å². The van der Waals surface area contributed by atoms with Crippen LogP contribution in [0.1, 0.15) is 25.7 Å². The summed E-state index contributed by atoms with van der Waals surface area (Å²) in [6.45, 7) is 1.75. The van der Waals surface area contributed by atoms with Crippen molar-refractivity contribution in [3.8, 4) is 0 Å². The molecule has 3 atom stereocenters. The summed E-state index contributed by atoms with van der Waals surface area (Å²) in [5.74, 6) is 0.000671. The molecule has 1 heterocycles. The van der Waals surface area contributed by atoms with Gasteiger partial charge in [-0.15, -0.1) is 0 Å². The number of sulfone groups is 1. The minimum atomic E-state index is -3.03. The first-order chi connectivity index (χ1) is 8.48. The third kappa shape index (κ3) is 3.30. The van der Waals surface area contributed by atoms with Crippen LogP contribution in [0.2, 0.25) is 0 Å². The number of rotatable bonds is 3. The topological polar surface area (TPSA) is 72.5 Å². The molecule has 6 heteroatoms. The maximum Gasteiger partial charge on any atom is 0.155 e. The molecule has 2 rings (SSSR count). The van der Waals surface area contributed by atoms with Crippen molar-refractivity contribution in [2.75, 3.05) is 26.0 Å². The number of hydrogen-bond acceptors (Lipinski definition) is 5. The third-order valence-corrected chi connectivity index (χ3v) is 5.54. The number of carbonyl (C=O) groups is 1. The second-order valence-electron chi connectivity index (χ2n) is 5.30. The summed E-state index contributed by atoms with van der Waals surface area (Å²) in [6.07, 6.45) is 4.07. The summed E-state index contributed by atoms with van der Waals surface area (Å²) in [5, 5.41) is 2.80. The highest BCUT2D eigenvalue weighted by molar-refractivity contribution is 7.91. The van der Waals surface area contributed by atoms with Gasteiger partial charge in [0.05, 0.1) is 24.5 Å². The van der Waals surface area contributed by atoms with Gasteiger partial charge in [-0.05, 0) is 19.3 Å². The molecule has 104 valence electrons. The fourth-order valence-corrected chi connectivity index (χ4v) is 4.00. The van der Waals surface area contributed by atoms with Crippen LogP contribution in [0, 0.1) is 5.92 Å². The molecule has 0 spiro atoms. The van der Waals surface area contributed by atoms with E-state index >= 15 is 0 Å². The summed E-state index contributed by atoms with van der Waals surface area (Å²) in [6, 6.07) is -0.248. The van der Waals surface area contributed by atoms with Gasteiger partial charge in [0.2, 0.25) is 0 Å². The van der Waals surface area contributed by atoms with Crippen LogP contribution >= 0.6 is 0 Å². The van der Waals surface area contributed by atoms with E-state index in [0.717, 1.165) is 12.8 Å². The molecule has 3 unspecified atom stereocenters. The molecule has 18 heavy (non-hydrogen) atoms. The standard InChI is InChI=1S/C12H21NO4S/c1-18(15,16)10-4-2-3-9(7-10)12(14)11-8-17-6-5-13-11/h9-11,13H,2-8H2,1H3. The lowest BCUT2D eigenvalue weighted by Crippen LogP contribution is -2.49. The minimum absolute atomic E-state index is 0.127. The summed E-state index contributed by atoms with van der Waals surface area (Å²) in [7, 11) is -3.03. The van der Waals surface area contributed by atoms with Crippen molar-refractivity contribution < 1.29 is 17.9 Å². The summed E-state index contributed by atoms with van der Waals surface area (Å²) in [4.78, 5) is 12.3. The van der Waals surface area contributed by atoms with E-state index in [2.05, 4.69) is 5.32 Å². The molecule has 2 aliphatic rings. The number of morpholine rings is 1. The molecule has 0 bridgehead atoms. The van der Waals surface area contributed by atoms with Crippen molar-refractivity contribution in [2.24, 2.45) is 5.92 Å². The molecule has 1 saturated carbocycles. The van der Waals surface area contributed by atoms with Crippen molar-refractivity contribution in [3.63, 3.8) is 0 Å². The predicted octanol–water partition coefficient (Wildman–Crippen LogP) is 0.147. The molecule has 1 aliphatic carbocycles. The van der Waals surface area contributed by atoms with Gasteiger partial charge in [0.15, 0.2) is 5.78 Å². The number of ketones is 1. The molecule has 1 N–H and O–H groups in total. The van der Waals surface area contributed by atoms with Gasteiger partial charge in [0.1, 0.15) is 9.84 Å². The predicted molar refractivity (Wildman–Crippen MR) is 68.2 cm³/mol. The van der Waals surface area contributed by atoms with Crippen molar-refractivity contribution >= 4 is 15.6 Å². The lowest BCUT2D eigenvalue weighted by molar-refractivity contribution is -0.128. The van der Waals surface area contributed by atoms with E-state index < -0.39 is 9.84 Å². The number of hydrogen-bond donors (Lipinski definition) is 1. The first kappa shape index (κ1) is 14.0. The smallest absolute Gasteiger partial charge is 0.155 e. The highest BCUT2D eigenvalue weighted by atomic mass is 32.2. The van der Waals surface area contributed by atoms with Crippen LogP contribution in [0.15, 0.2) is 0 Å². The zero-order valence-corrected chi connectivity index (χ0v) is 11.5. The molecule has 0 amide bonds. The van der Waals surface area contributed by atoms with Crippen LogP contribution < -0.4 is 5.32 Å². The molecule has 0 aromatic carbocycles. The van der Waals surface area contributed by atoms with Crippen LogP contribution in [0.25, 0.3) is 0 Å². The Morgan fingerprint density at radius 2 is 2.11 bits per heavy atom. The van der Waals surface area contributed by atoms with Gasteiger partial charge in [0.25, 0.3) is 0 Å². The number of carbonyl (C=O) groups excluding carboxylic acids is 1. The van der Waals surface area contributed by atoms with Crippen LogP contribution in [0.4, 0.5) is 0 Å². The van der Waals surface area contributed by atoms with E-state index in [-0.39, 0.29) is 23.0 Å². The van der Waals surface area contributed by atoms with E-state index in [1.165, 1.54) is 6.26 Å². The highest BCUT2D eigenvalue weighted by Crippen LogP contribution is 2.30. The fraction of sp³-hybridized carbons (Fsp3) is 0.917. The maximum absolute atomic E-state index is 12.3. The quantitative estimate of drug-likeness (QED) is 0.793. The molecular formula is C12H21NO4S. The molecular weight excluding hydrogens is 254 g/mol. The lowest BCUT2D eigenvalue weighted by atomic mass is 9.83. The monoisotopic (exact) mass is 275 g/mol. The van der Waals surface area contributed by atoms with Gasteiger partial charge in [0, 0.05) is 18.7 Å². The average molecular weight is 275 g/mol. The van der Waals surface area contributed by atoms with Crippen LogP contribution in [0.3, 0.4) is 0 Å². The molecule has 0 aromatic rings. The van der Waals surface area contributed by atoms with E-state index in [0.29, 0.717) is 32.6 Å². The Hall–Kier alpha value is -0.460. The molecule has 2 fully saturated rings. The van der Waals surface area contributed by atoms with Crippen LogP contribution in [-0.2, 0) is 19.4 Å². The van der Waals surface area contributed by atoms with Gasteiger partial charge >= 0.3 is 0 Å². The second kappa shape index (κ2) is 5.67. The second-order valence-corrected chi connectivity index (χ2v) is 7.62. The highest BCUT2D eigenvalue weighted by Gasteiger charge is 2.35. The third-order valence-electron chi connectivity index (χ3n) is 3.90. The molecule has 1 aliphatic heterocycles. The van der Waals surface area contributed by atoms with Gasteiger partial charge in [-0.1, -0.05) is 6.42 Å². The van der Waals surface area contributed by atoms with Crippen molar-refractivity contribution in [1.82, 2.24) is 5.32 Å². The Balaban J connectivity index is 1.97. The summed E-state index contributed by atoms with van der Waals surface area (Å²) in [5.41, 5.74) is 0. The van der Waals surface area contributed by atoms with Crippen molar-refractivity contribution in [1.29, 1.82) is 0 Å². The zero-order valence-electron chi connectivity index (χ0n) is 10.7. The lowest BCUT2D eigenvalue weighted by Gasteiger charge is -2.31. The number of ether oxygens (including phenoxy) is 1. The maximum atomic E-state index is 12.3. The van der Waals surface area contributed by atoms with E-state index in [1.54, 1.807) is 0 Å². The van der Waals surface area contributed by atoms with Crippen molar-refractivity contribution in [3.05, 3.63) is 0 Å². The Morgan fingerprint density at radius 1 is 1.33 bits per heavy atom. The number of Topliss-reactive ketones (excluding diaryl/α,β-unsaturated/α-hetero) is 1. The number of nitrogens with one attached hydrogen (secondary N) is 1. The van der Waals surface area contributed by atoms with Gasteiger partial charge < -0.3 is 10.1 Å². The Kier molecular flexibility index (Phi) is 4.40. The SMILES string of the molecule is CS(=O)(=O)C1CCCC(C(=O)C2COCCN2)C1. The first-order valence-corrected chi connectivity index (χ1v) is 8.47. The van der Waals surface area contributed by atoms with Crippen LogP contribution in [0.5, 0.6) is 0 Å². The Labute approximate surface area is 108 Å². The van der Waals surface area contributed by atoms with E-state index in [9.17, 15) is 13.2 Å². The Bertz CT molecular complexity index is 400. The summed E-state index contributed by atoms with van der Waals surface area (Å²) >= 11 is 0. The van der Waals surface area contributed by atoms with Gasteiger partial charge in [-0.25, -0.2) is 8.42 Å². The fourth-order valence-electron chi connectivity index (χ4n) is 2.82. The zero-order chi connectivity index (χ0) is 13.2. The van der Waals surface area contributed by atoms with Gasteiger partial charge in [-0.3, -0.25) is 4.79 Å². The molecule has 5 nitrogen and oxygen atoms in total. The molecule has 0 radical (unpaired) electrons. The first-order valence-electron chi connectivity index (χ1n) is 6.52. The van der Waals surface area contributed by atoms with E-state index in [1.807, 2.05) is 0 Å². The normalized spacial score (nSPS) is 34.2. The summed E-state index contributed by atoms with van der Waals surface area (Å²) < 4.78 is 28.4. The van der Waals surface area contributed by atoms with Crippen molar-refractivity contribution in [2.45, 2.75) is 37.0 Å². The largest absolute Gasteiger partial charge is 0.378 e. The average Bonchev–Trinajstić information content (AvgIpc) is 2.38. The van der Waals surface area contributed by atoms with Crippen LogP contribution in [-0.4, -0.2) is 51.5 Å². The Morgan fingerprint density at radius 3 is 2.72 bits per heavy atom.